The van der Waals surface area contributed by atoms with Gasteiger partial charge in [0, 0.05) is 4.75 Å². The summed E-state index contributed by atoms with van der Waals surface area (Å²) in [6, 6.07) is 2.49. The van der Waals surface area contributed by atoms with Gasteiger partial charge in [-0.3, -0.25) is 19.2 Å². The van der Waals surface area contributed by atoms with Gasteiger partial charge in [-0.2, -0.15) is 0 Å². The van der Waals surface area contributed by atoms with Crippen LogP contribution in [0.1, 0.15) is 53.4 Å². The van der Waals surface area contributed by atoms with Crippen molar-refractivity contribution in [3.8, 4) is 5.75 Å². The molecule has 1 unspecified atom stereocenters. The van der Waals surface area contributed by atoms with Gasteiger partial charge in [-0.05, 0) is 38.5 Å². The second kappa shape index (κ2) is 10.5. The van der Waals surface area contributed by atoms with Crippen molar-refractivity contribution in [1.82, 2.24) is 30.8 Å². The van der Waals surface area contributed by atoms with E-state index in [1.807, 2.05) is 0 Å². The number of phenolic OH excluding ortho intramolecular Hbond substituents is 1. The number of benzene rings is 1. The molecule has 4 amide bonds. The number of amides is 4. The Morgan fingerprint density at radius 3 is 2.52 bits per heavy atom. The minimum atomic E-state index is -2.01. The third kappa shape index (κ3) is 4.70. The molecule has 1 aromatic heterocycles. The van der Waals surface area contributed by atoms with Crippen LogP contribution >= 0.6 is 11.8 Å². The van der Waals surface area contributed by atoms with Crippen LogP contribution in [0.25, 0.3) is 0 Å². The molecule has 6 N–H and O–H groups in total. The van der Waals surface area contributed by atoms with Crippen LogP contribution in [0.4, 0.5) is 0 Å². The number of aliphatic carboxylic acids is 1. The number of rotatable bonds is 10. The highest BCUT2D eigenvalue weighted by Crippen LogP contribution is 2.54. The largest absolute Gasteiger partial charge is 0.508 e. The first-order valence-electron chi connectivity index (χ1n) is 11.9. The number of hydrogen-bond donors (Lipinski definition) is 6. The van der Waals surface area contributed by atoms with Crippen LogP contribution in [-0.4, -0.2) is 89.6 Å². The van der Waals surface area contributed by atoms with Crippen LogP contribution in [-0.2, 0) is 23.9 Å². The standard InChI is InChI=1S/C24H26N6O9S/c1-4-39-20(37)15-14(25-9-26-15)17(33)28-13(11-5-7-12(32)8-6-11)18(34)29-24(27-10-31)21(38)30-16(19(35)36)23(2,3)40-22(24)30/h5-10,13,16,22,32H,4H2,1-3H3,(H,25,26)(H,27,31)(H,28,33)(H,29,34)(H,35,36)/t13?,16-,22+,24+/m0/s1. The number of fused-ring (bicyclic) bond motifs is 1. The molecule has 1 aromatic carbocycles. The van der Waals surface area contributed by atoms with Gasteiger partial charge >= 0.3 is 11.9 Å². The summed E-state index contributed by atoms with van der Waals surface area (Å²) in [5.41, 5.74) is -2.45. The summed E-state index contributed by atoms with van der Waals surface area (Å²) in [5.74, 6) is -4.97. The molecule has 4 rings (SSSR count). The Bertz CT molecular complexity index is 1380. The summed E-state index contributed by atoms with van der Waals surface area (Å²) in [4.78, 5) is 83.3. The number of carboxylic acids is 1. The van der Waals surface area contributed by atoms with Gasteiger partial charge in [0.2, 0.25) is 18.0 Å². The molecule has 2 aliphatic heterocycles. The Balaban J connectivity index is 1.66. The fourth-order valence-corrected chi connectivity index (χ4v) is 6.35. The number of β-lactam (4-membered cyclic amide) rings is 1. The van der Waals surface area contributed by atoms with E-state index in [4.69, 9.17) is 4.74 Å². The topological polar surface area (TPSA) is 220 Å². The molecule has 0 aliphatic carbocycles. The molecule has 0 saturated carbocycles. The lowest BCUT2D eigenvalue weighted by atomic mass is 9.91. The van der Waals surface area contributed by atoms with Crippen molar-refractivity contribution in [3.63, 3.8) is 0 Å². The van der Waals surface area contributed by atoms with Gasteiger partial charge in [-0.15, -0.1) is 11.8 Å². The highest BCUT2D eigenvalue weighted by molar-refractivity contribution is 8.01. The van der Waals surface area contributed by atoms with Crippen molar-refractivity contribution < 1.29 is 43.7 Å². The third-order valence-electron chi connectivity index (χ3n) is 6.49. The molecule has 2 saturated heterocycles. The number of phenols is 1. The lowest BCUT2D eigenvalue weighted by molar-refractivity contribution is -0.172. The number of aromatic amines is 1. The molecular formula is C24H26N6O9S. The zero-order valence-electron chi connectivity index (χ0n) is 21.5. The number of thioether (sulfide) groups is 1. The molecule has 3 heterocycles. The number of H-pyrrole nitrogens is 1. The lowest BCUT2D eigenvalue weighted by Crippen LogP contribution is -2.85. The number of carbonyl (C=O) groups is 6. The van der Waals surface area contributed by atoms with E-state index in [1.54, 1.807) is 20.8 Å². The van der Waals surface area contributed by atoms with E-state index in [2.05, 4.69) is 25.9 Å². The zero-order chi connectivity index (χ0) is 29.4. The van der Waals surface area contributed by atoms with Crippen molar-refractivity contribution in [3.05, 3.63) is 47.5 Å². The first kappa shape index (κ1) is 28.4. The molecule has 2 fully saturated rings. The summed E-state index contributed by atoms with van der Waals surface area (Å²) in [6.45, 7) is 4.86. The van der Waals surface area contributed by atoms with Gasteiger partial charge in [0.15, 0.2) is 11.4 Å². The van der Waals surface area contributed by atoms with Crippen molar-refractivity contribution >= 4 is 47.8 Å². The van der Waals surface area contributed by atoms with Crippen molar-refractivity contribution in [2.45, 2.75) is 48.6 Å². The average Bonchev–Trinajstić information content (AvgIpc) is 3.49. The molecule has 4 atom stereocenters. The Kier molecular flexibility index (Phi) is 7.47. The highest BCUT2D eigenvalue weighted by Gasteiger charge is 2.72. The van der Waals surface area contributed by atoms with Gasteiger partial charge in [-0.25, -0.2) is 14.6 Å². The van der Waals surface area contributed by atoms with Crippen LogP contribution in [0.3, 0.4) is 0 Å². The second-order valence-corrected chi connectivity index (χ2v) is 11.2. The minimum absolute atomic E-state index is 0.0348. The Hall–Kier alpha value is -4.60. The van der Waals surface area contributed by atoms with Crippen LogP contribution in [0.5, 0.6) is 5.75 Å². The summed E-state index contributed by atoms with van der Waals surface area (Å²) in [7, 11) is 0. The Morgan fingerprint density at radius 2 is 1.93 bits per heavy atom. The van der Waals surface area contributed by atoms with Crippen LogP contribution in [0, 0.1) is 0 Å². The molecule has 212 valence electrons. The zero-order valence-corrected chi connectivity index (χ0v) is 22.3. The smallest absolute Gasteiger partial charge is 0.357 e. The summed E-state index contributed by atoms with van der Waals surface area (Å²) >= 11 is 1.08. The number of ether oxygens (including phenoxy) is 1. The SMILES string of the molecule is CCOC(=O)c1[nH]cnc1C(=O)NC(C(=O)N[C@]1(NC=O)C(=O)N2[C@@H](C(=O)O)C(C)(C)S[C@@H]21)c1ccc(O)cc1. The molecule has 0 spiro atoms. The number of esters is 1. The van der Waals surface area contributed by atoms with Crippen molar-refractivity contribution in [2.75, 3.05) is 6.61 Å². The monoisotopic (exact) mass is 574 g/mol. The normalized spacial score (nSPS) is 23.3. The average molecular weight is 575 g/mol. The van der Waals surface area contributed by atoms with Gasteiger partial charge < -0.3 is 40.8 Å². The summed E-state index contributed by atoms with van der Waals surface area (Å²) in [6.07, 6.45) is 1.31. The lowest BCUT2D eigenvalue weighted by Gasteiger charge is -2.52. The number of aromatic hydroxyl groups is 1. The Labute approximate surface area is 231 Å². The molecule has 15 nitrogen and oxygen atoms in total. The van der Waals surface area contributed by atoms with E-state index in [0.29, 0.717) is 0 Å². The molecule has 0 radical (unpaired) electrons. The minimum Gasteiger partial charge on any atom is -0.508 e. The highest BCUT2D eigenvalue weighted by atomic mass is 32.2. The third-order valence-corrected chi connectivity index (χ3v) is 8.12. The Morgan fingerprint density at radius 1 is 1.25 bits per heavy atom. The van der Waals surface area contributed by atoms with E-state index < -0.39 is 57.5 Å². The number of carbonyl (C=O) groups excluding carboxylic acids is 5. The van der Waals surface area contributed by atoms with Crippen LogP contribution in [0.2, 0.25) is 0 Å². The quantitative estimate of drug-likeness (QED) is 0.0916. The van der Waals surface area contributed by atoms with E-state index in [9.17, 15) is 39.0 Å². The van der Waals surface area contributed by atoms with Crippen LogP contribution < -0.4 is 16.0 Å². The first-order chi connectivity index (χ1) is 18.9. The van der Waals surface area contributed by atoms with Gasteiger partial charge in [0.05, 0.1) is 12.9 Å². The van der Waals surface area contributed by atoms with Gasteiger partial charge in [0.1, 0.15) is 23.2 Å². The fourth-order valence-electron chi connectivity index (χ4n) is 4.70. The molecule has 40 heavy (non-hydrogen) atoms. The predicted octanol–water partition coefficient (Wildman–Crippen LogP) is -0.531. The number of imidazole rings is 1. The van der Waals surface area contributed by atoms with E-state index >= 15 is 0 Å². The van der Waals surface area contributed by atoms with Crippen molar-refractivity contribution in [2.24, 2.45) is 0 Å². The van der Waals surface area contributed by atoms with E-state index in [1.165, 1.54) is 24.3 Å². The molecule has 2 aromatic rings. The maximum Gasteiger partial charge on any atom is 0.357 e. The van der Waals surface area contributed by atoms with Crippen LogP contribution in [0.15, 0.2) is 30.6 Å². The maximum atomic E-state index is 13.7. The number of carboxylic acid groups (broad SMARTS) is 1. The maximum absolute atomic E-state index is 13.7. The van der Waals surface area contributed by atoms with Gasteiger partial charge in [0.25, 0.3) is 11.8 Å². The first-order valence-corrected chi connectivity index (χ1v) is 12.8. The second-order valence-electron chi connectivity index (χ2n) is 9.43. The molecular weight excluding hydrogens is 548 g/mol. The number of aromatic nitrogens is 2. The molecule has 16 heteroatoms. The van der Waals surface area contributed by atoms with Crippen molar-refractivity contribution in [1.29, 1.82) is 0 Å². The summed E-state index contributed by atoms with van der Waals surface area (Å²) < 4.78 is 3.95. The van der Waals surface area contributed by atoms with E-state index in [0.717, 1.165) is 23.0 Å². The molecule has 0 bridgehead atoms. The number of nitrogens with zero attached hydrogens (tertiary/aromatic N) is 2. The fraction of sp³-hybridized carbons (Fsp3) is 0.375. The van der Waals surface area contributed by atoms with E-state index in [-0.39, 0.29) is 35.7 Å². The number of hydrogen-bond acceptors (Lipinski definition) is 10. The predicted molar refractivity (Wildman–Crippen MR) is 137 cm³/mol. The summed E-state index contributed by atoms with van der Waals surface area (Å²) in [5, 5.41) is 25.7. The molecule has 2 aliphatic rings. The number of nitrogens with one attached hydrogen (secondary N) is 4. The van der Waals surface area contributed by atoms with Gasteiger partial charge in [-0.1, -0.05) is 12.1 Å².